The number of carbonyl (C=O) groups is 2. The molecule has 0 amide bonds. The normalized spacial score (nSPS) is 10.9. The lowest BCUT2D eigenvalue weighted by atomic mass is 10.2. The maximum absolute atomic E-state index is 12.0. The molecule has 0 aliphatic heterocycles. The van der Waals surface area contributed by atoms with Gasteiger partial charge in [-0.2, -0.15) is 9.03 Å². The van der Waals surface area contributed by atoms with Crippen molar-refractivity contribution in [1.82, 2.24) is 39.2 Å². The zero-order chi connectivity index (χ0) is 35.2. The third-order valence-corrected chi connectivity index (χ3v) is 9.36. The topological polar surface area (TPSA) is 180 Å². The van der Waals surface area contributed by atoms with Gasteiger partial charge < -0.3 is 24.6 Å². The van der Waals surface area contributed by atoms with E-state index in [1.165, 1.54) is 40.0 Å². The molecule has 0 aliphatic rings. The summed E-state index contributed by atoms with van der Waals surface area (Å²) < 4.78 is 18.6. The summed E-state index contributed by atoms with van der Waals surface area (Å²) >= 11 is 4.47. The summed E-state index contributed by atoms with van der Waals surface area (Å²) in [5.74, 6) is 1.12. The van der Waals surface area contributed by atoms with E-state index in [9.17, 15) is 14.7 Å². The number of carbonyl (C=O) groups excluding carboxylic acids is 1. The van der Waals surface area contributed by atoms with Gasteiger partial charge in [-0.3, -0.25) is 0 Å². The number of esters is 1. The van der Waals surface area contributed by atoms with Crippen molar-refractivity contribution in [3.8, 4) is 32.9 Å². The number of carboxylic acid groups (broad SMARTS) is 1. The second-order valence-electron chi connectivity index (χ2n) is 10.0. The molecule has 50 heavy (non-hydrogen) atoms. The predicted molar refractivity (Wildman–Crippen MR) is 190 cm³/mol. The van der Waals surface area contributed by atoms with Crippen molar-refractivity contribution in [2.45, 2.75) is 18.6 Å². The summed E-state index contributed by atoms with van der Waals surface area (Å²) in [6, 6.07) is 13.2. The number of aromatic nitrogens is 8. The van der Waals surface area contributed by atoms with Crippen molar-refractivity contribution in [3.05, 3.63) is 82.3 Å². The van der Waals surface area contributed by atoms with Crippen LogP contribution >= 0.6 is 34.4 Å². The standard InChI is InChI=1S/C19H17N5O4S.C13H12N4O2S2/c1-27-13-6-5-11(8-14(13)28-2)9-20-19-21-10-12(18(25)26)17-22-16(23-24(17)19)15-4-3-7-29-15;1-3-19-12(18)8-7-14-13(20-2)17-11(8)15-10(16-17)9-5-4-6-21-9/h3-8,10H,9H2,1-2H3,(H,20,21)(H,25,26);4-7H,3H2,1-2H3. The lowest BCUT2D eigenvalue weighted by Crippen LogP contribution is -2.11. The number of aromatic carboxylic acids is 1. The number of thiophene rings is 2. The van der Waals surface area contributed by atoms with Gasteiger partial charge in [0.15, 0.2) is 39.6 Å². The number of carboxylic acids is 1. The minimum Gasteiger partial charge on any atom is -0.493 e. The minimum atomic E-state index is -1.11. The van der Waals surface area contributed by atoms with Crippen molar-refractivity contribution >= 4 is 63.6 Å². The first kappa shape index (κ1) is 34.3. The largest absolute Gasteiger partial charge is 0.493 e. The predicted octanol–water partition coefficient (Wildman–Crippen LogP) is 5.93. The van der Waals surface area contributed by atoms with Gasteiger partial charge in [-0.05, 0) is 53.8 Å². The third kappa shape index (κ3) is 7.07. The maximum Gasteiger partial charge on any atom is 0.343 e. The summed E-state index contributed by atoms with van der Waals surface area (Å²) in [7, 11) is 3.16. The van der Waals surface area contributed by atoms with Gasteiger partial charge in [-0.25, -0.2) is 29.5 Å². The van der Waals surface area contributed by atoms with Gasteiger partial charge in [-0.1, -0.05) is 30.0 Å². The number of anilines is 1. The molecule has 0 spiro atoms. The lowest BCUT2D eigenvalue weighted by Gasteiger charge is -2.11. The van der Waals surface area contributed by atoms with Crippen LogP contribution in [-0.4, -0.2) is 83.3 Å². The van der Waals surface area contributed by atoms with Gasteiger partial charge in [0.05, 0.1) is 30.6 Å². The SMILES string of the molecule is CCOC(=O)c1cnc(SC)n2nc(-c3cccs3)nc12.COc1ccc(CNc2ncc(C(=O)O)c3nc(-c4cccs4)nn23)cc1OC. The zero-order valence-corrected chi connectivity index (χ0v) is 29.5. The Kier molecular flexibility index (Phi) is 10.5. The Morgan fingerprint density at radius 1 is 0.880 bits per heavy atom. The molecule has 15 nitrogen and oxygen atoms in total. The van der Waals surface area contributed by atoms with E-state index in [1.807, 2.05) is 59.5 Å². The summed E-state index contributed by atoms with van der Waals surface area (Å²) in [4.78, 5) is 42.7. The molecule has 1 aromatic carbocycles. The highest BCUT2D eigenvalue weighted by Gasteiger charge is 2.21. The van der Waals surface area contributed by atoms with Crippen molar-refractivity contribution in [2.75, 3.05) is 32.4 Å². The average Bonchev–Trinajstić information content (AvgIpc) is 3.96. The molecule has 2 N–H and O–H groups in total. The number of rotatable bonds is 11. The third-order valence-electron chi connectivity index (χ3n) is 6.99. The van der Waals surface area contributed by atoms with E-state index in [2.05, 4.69) is 35.5 Å². The molecule has 0 fully saturated rings. The van der Waals surface area contributed by atoms with Crippen LogP contribution in [0.25, 0.3) is 32.7 Å². The Bertz CT molecular complexity index is 2270. The molecule has 0 atom stereocenters. The first-order chi connectivity index (χ1) is 24.3. The van der Waals surface area contributed by atoms with Crippen molar-refractivity contribution in [1.29, 1.82) is 0 Å². The fourth-order valence-electron chi connectivity index (χ4n) is 4.68. The monoisotopic (exact) mass is 731 g/mol. The van der Waals surface area contributed by atoms with Crippen LogP contribution in [-0.2, 0) is 11.3 Å². The first-order valence-electron chi connectivity index (χ1n) is 14.8. The van der Waals surface area contributed by atoms with Crippen LogP contribution < -0.4 is 14.8 Å². The lowest BCUT2D eigenvalue weighted by molar-refractivity contribution is 0.0526. The van der Waals surface area contributed by atoms with E-state index in [1.54, 1.807) is 37.0 Å². The van der Waals surface area contributed by atoms with Gasteiger partial charge in [0.25, 0.3) is 0 Å². The zero-order valence-electron chi connectivity index (χ0n) is 27.1. The Morgan fingerprint density at radius 2 is 1.52 bits per heavy atom. The van der Waals surface area contributed by atoms with Crippen molar-refractivity contribution in [3.63, 3.8) is 0 Å². The van der Waals surface area contributed by atoms with Gasteiger partial charge in [-0.15, -0.1) is 32.9 Å². The highest BCUT2D eigenvalue weighted by molar-refractivity contribution is 7.98. The smallest absolute Gasteiger partial charge is 0.343 e. The van der Waals surface area contributed by atoms with Gasteiger partial charge in [0, 0.05) is 18.9 Å². The van der Waals surface area contributed by atoms with Crippen LogP contribution in [0.2, 0.25) is 0 Å². The minimum absolute atomic E-state index is 0.0167. The number of nitrogens with zero attached hydrogens (tertiary/aromatic N) is 8. The molecule has 7 aromatic rings. The molecule has 7 rings (SSSR count). The number of ether oxygens (including phenoxy) is 3. The van der Waals surface area contributed by atoms with Gasteiger partial charge in [0.2, 0.25) is 5.95 Å². The molecule has 0 aliphatic carbocycles. The molecular weight excluding hydrogens is 703 g/mol. The molecular formula is C32H29N9O6S3. The number of fused-ring (bicyclic) bond motifs is 2. The molecule has 0 unspecified atom stereocenters. The van der Waals surface area contributed by atoms with Crippen LogP contribution in [0.1, 0.15) is 33.2 Å². The van der Waals surface area contributed by atoms with E-state index in [4.69, 9.17) is 14.2 Å². The first-order valence-corrected chi connectivity index (χ1v) is 17.8. The van der Waals surface area contributed by atoms with Crippen molar-refractivity contribution in [2.24, 2.45) is 0 Å². The second kappa shape index (κ2) is 15.3. The Balaban J connectivity index is 0.000000182. The van der Waals surface area contributed by atoms with E-state index >= 15 is 0 Å². The number of benzene rings is 1. The summed E-state index contributed by atoms with van der Waals surface area (Å²) in [6.45, 7) is 2.49. The molecule has 6 aromatic heterocycles. The number of hydrogen-bond donors (Lipinski definition) is 2. The Labute approximate surface area is 296 Å². The second-order valence-corrected chi connectivity index (χ2v) is 12.7. The maximum atomic E-state index is 12.0. The molecule has 0 saturated carbocycles. The van der Waals surface area contributed by atoms with Crippen LogP contribution in [0.5, 0.6) is 11.5 Å². The molecule has 6 heterocycles. The van der Waals surface area contributed by atoms with Crippen LogP contribution in [0.15, 0.2) is 70.8 Å². The number of hydrogen-bond acceptors (Lipinski definition) is 15. The van der Waals surface area contributed by atoms with E-state index in [-0.39, 0.29) is 11.2 Å². The molecule has 256 valence electrons. The van der Waals surface area contributed by atoms with E-state index in [0.717, 1.165) is 15.3 Å². The van der Waals surface area contributed by atoms with Gasteiger partial charge >= 0.3 is 11.9 Å². The highest BCUT2D eigenvalue weighted by Crippen LogP contribution is 2.29. The fourth-order valence-corrected chi connectivity index (χ4v) is 6.44. The summed E-state index contributed by atoms with van der Waals surface area (Å²) in [5.41, 5.74) is 1.93. The average molecular weight is 732 g/mol. The van der Waals surface area contributed by atoms with Crippen LogP contribution in [0.4, 0.5) is 5.95 Å². The Hall–Kier alpha value is -5.59. The van der Waals surface area contributed by atoms with E-state index < -0.39 is 11.9 Å². The number of methoxy groups -OCH3 is 2. The van der Waals surface area contributed by atoms with E-state index in [0.29, 0.717) is 58.6 Å². The Morgan fingerprint density at radius 3 is 2.10 bits per heavy atom. The molecule has 0 saturated heterocycles. The van der Waals surface area contributed by atoms with Gasteiger partial charge in [0.1, 0.15) is 11.1 Å². The number of thioether (sulfide) groups is 1. The molecule has 0 bridgehead atoms. The quantitative estimate of drug-likeness (QED) is 0.0908. The summed E-state index contributed by atoms with van der Waals surface area (Å²) in [6.07, 6.45) is 4.67. The highest BCUT2D eigenvalue weighted by atomic mass is 32.2. The van der Waals surface area contributed by atoms with Crippen LogP contribution in [0, 0.1) is 0 Å². The van der Waals surface area contributed by atoms with Crippen LogP contribution in [0.3, 0.4) is 0 Å². The molecule has 0 radical (unpaired) electrons. The summed E-state index contributed by atoms with van der Waals surface area (Å²) in [5, 5.41) is 26.1. The van der Waals surface area contributed by atoms with Crippen molar-refractivity contribution < 1.29 is 28.9 Å². The molecule has 18 heteroatoms. The number of nitrogens with one attached hydrogen (secondary N) is 1. The fraction of sp³-hybridized carbons (Fsp3) is 0.188.